The zero-order valence-electron chi connectivity index (χ0n) is 13.5. The highest BCUT2D eigenvalue weighted by Crippen LogP contribution is 2.27. The second kappa shape index (κ2) is 6.78. The molecule has 0 fully saturated rings. The standard InChI is InChI=1S/C18H20N2O4/c1-2-3-14-8-12(10-17(22)19-14)18(23)20-6-7-24-16-5-4-15(21)9-13(16)11-20/h4-5,8-10,21H,2-3,6-7,11H2,1H3,(H,19,22). The zero-order chi connectivity index (χ0) is 17.1. The molecule has 2 N–H and O–H groups in total. The summed E-state index contributed by atoms with van der Waals surface area (Å²) in [4.78, 5) is 29.0. The molecule has 1 aromatic heterocycles. The minimum atomic E-state index is -0.270. The van der Waals surface area contributed by atoms with Gasteiger partial charge in [-0.15, -0.1) is 0 Å². The number of pyridine rings is 1. The summed E-state index contributed by atoms with van der Waals surface area (Å²) >= 11 is 0. The fourth-order valence-corrected chi connectivity index (χ4v) is 2.87. The third-order valence-electron chi connectivity index (χ3n) is 3.98. The van der Waals surface area contributed by atoms with E-state index in [9.17, 15) is 14.7 Å². The van der Waals surface area contributed by atoms with Crippen molar-refractivity contribution in [3.05, 3.63) is 57.5 Å². The average molecular weight is 328 g/mol. The molecule has 24 heavy (non-hydrogen) atoms. The van der Waals surface area contributed by atoms with Crippen LogP contribution in [-0.4, -0.2) is 34.0 Å². The highest BCUT2D eigenvalue weighted by molar-refractivity contribution is 5.94. The first-order valence-electron chi connectivity index (χ1n) is 8.04. The van der Waals surface area contributed by atoms with Crippen molar-refractivity contribution >= 4 is 5.91 Å². The van der Waals surface area contributed by atoms with Crippen LogP contribution in [0.4, 0.5) is 0 Å². The topological polar surface area (TPSA) is 82.6 Å². The summed E-state index contributed by atoms with van der Waals surface area (Å²) in [5.74, 6) is 0.590. The number of carbonyl (C=O) groups is 1. The van der Waals surface area contributed by atoms with Gasteiger partial charge >= 0.3 is 0 Å². The van der Waals surface area contributed by atoms with Crippen LogP contribution in [0.5, 0.6) is 11.5 Å². The molecule has 0 bridgehead atoms. The number of nitrogens with one attached hydrogen (secondary N) is 1. The van der Waals surface area contributed by atoms with Crippen LogP contribution >= 0.6 is 0 Å². The van der Waals surface area contributed by atoms with Crippen molar-refractivity contribution in [1.82, 2.24) is 9.88 Å². The van der Waals surface area contributed by atoms with Crippen molar-refractivity contribution in [2.75, 3.05) is 13.2 Å². The summed E-state index contributed by atoms with van der Waals surface area (Å²) in [6.45, 7) is 3.14. The molecule has 2 heterocycles. The predicted octanol–water partition coefficient (Wildman–Crippen LogP) is 2.07. The van der Waals surface area contributed by atoms with Crippen LogP contribution in [0.1, 0.15) is 35.0 Å². The SMILES string of the molecule is CCCc1cc(C(=O)N2CCOc3ccc(O)cc3C2)cc(=O)[nH]1. The first kappa shape index (κ1) is 16.1. The Kier molecular flexibility index (Phi) is 4.55. The Labute approximate surface area is 139 Å². The first-order chi connectivity index (χ1) is 11.6. The lowest BCUT2D eigenvalue weighted by molar-refractivity contribution is 0.0732. The number of ether oxygens (including phenoxy) is 1. The molecule has 0 saturated carbocycles. The Morgan fingerprint density at radius 2 is 2.17 bits per heavy atom. The maximum atomic E-state index is 12.8. The van der Waals surface area contributed by atoms with Crippen LogP contribution in [-0.2, 0) is 13.0 Å². The summed E-state index contributed by atoms with van der Waals surface area (Å²) in [6.07, 6.45) is 1.61. The zero-order valence-corrected chi connectivity index (χ0v) is 13.5. The smallest absolute Gasteiger partial charge is 0.254 e. The molecule has 0 radical (unpaired) electrons. The van der Waals surface area contributed by atoms with Crippen LogP contribution in [0.25, 0.3) is 0 Å². The van der Waals surface area contributed by atoms with Crippen molar-refractivity contribution in [2.24, 2.45) is 0 Å². The van der Waals surface area contributed by atoms with E-state index in [1.54, 1.807) is 29.2 Å². The molecule has 3 rings (SSSR count). The van der Waals surface area contributed by atoms with Gasteiger partial charge in [0.2, 0.25) is 5.56 Å². The monoisotopic (exact) mass is 328 g/mol. The van der Waals surface area contributed by atoms with Crippen LogP contribution in [0.15, 0.2) is 35.1 Å². The summed E-state index contributed by atoms with van der Waals surface area (Å²) in [5, 5.41) is 9.65. The molecule has 0 spiro atoms. The van der Waals surface area contributed by atoms with Crippen LogP contribution < -0.4 is 10.3 Å². The van der Waals surface area contributed by atoms with Crippen molar-refractivity contribution in [3.63, 3.8) is 0 Å². The molecule has 0 atom stereocenters. The number of aromatic nitrogens is 1. The molecule has 0 saturated heterocycles. The van der Waals surface area contributed by atoms with Gasteiger partial charge in [-0.05, 0) is 30.7 Å². The number of amides is 1. The van der Waals surface area contributed by atoms with E-state index in [-0.39, 0.29) is 17.2 Å². The molecule has 1 aliphatic rings. The lowest BCUT2D eigenvalue weighted by atomic mass is 10.1. The number of aromatic hydroxyl groups is 1. The van der Waals surface area contributed by atoms with E-state index in [2.05, 4.69) is 4.98 Å². The normalized spacial score (nSPS) is 13.8. The Bertz CT molecular complexity index is 813. The van der Waals surface area contributed by atoms with Gasteiger partial charge in [0.05, 0.1) is 6.54 Å². The predicted molar refractivity (Wildman–Crippen MR) is 89.4 cm³/mol. The third-order valence-corrected chi connectivity index (χ3v) is 3.98. The molecule has 1 aliphatic heterocycles. The second-order valence-electron chi connectivity index (χ2n) is 5.88. The number of hydrogen-bond donors (Lipinski definition) is 2. The maximum absolute atomic E-state index is 12.8. The second-order valence-corrected chi connectivity index (χ2v) is 5.88. The highest BCUT2D eigenvalue weighted by Gasteiger charge is 2.22. The van der Waals surface area contributed by atoms with Gasteiger partial charge in [-0.25, -0.2) is 0 Å². The number of H-pyrrole nitrogens is 1. The Morgan fingerprint density at radius 3 is 2.96 bits per heavy atom. The Morgan fingerprint density at radius 1 is 1.33 bits per heavy atom. The van der Waals surface area contributed by atoms with Gasteiger partial charge < -0.3 is 19.7 Å². The van der Waals surface area contributed by atoms with Crippen LogP contribution in [0, 0.1) is 0 Å². The number of hydrogen-bond acceptors (Lipinski definition) is 4. The van der Waals surface area contributed by atoms with Gasteiger partial charge in [-0.2, -0.15) is 0 Å². The summed E-state index contributed by atoms with van der Waals surface area (Å²) in [5.41, 5.74) is 1.62. The van der Waals surface area contributed by atoms with Crippen molar-refractivity contribution in [3.8, 4) is 11.5 Å². The van der Waals surface area contributed by atoms with E-state index in [1.807, 2.05) is 6.92 Å². The summed E-state index contributed by atoms with van der Waals surface area (Å²) < 4.78 is 5.63. The molecule has 126 valence electrons. The van der Waals surface area contributed by atoms with Gasteiger partial charge in [-0.1, -0.05) is 13.3 Å². The lowest BCUT2D eigenvalue weighted by Gasteiger charge is -2.20. The molecule has 6 heteroatoms. The lowest BCUT2D eigenvalue weighted by Crippen LogP contribution is -2.33. The van der Waals surface area contributed by atoms with Crippen molar-refractivity contribution in [2.45, 2.75) is 26.3 Å². The Hall–Kier alpha value is -2.76. The molecule has 1 aromatic carbocycles. The van der Waals surface area contributed by atoms with Gasteiger partial charge in [0, 0.05) is 29.4 Å². The van der Waals surface area contributed by atoms with Crippen molar-refractivity contribution < 1.29 is 14.6 Å². The molecule has 6 nitrogen and oxygen atoms in total. The first-order valence-corrected chi connectivity index (χ1v) is 8.04. The number of nitrogens with zero attached hydrogens (tertiary/aromatic N) is 1. The van der Waals surface area contributed by atoms with E-state index < -0.39 is 0 Å². The van der Waals surface area contributed by atoms with E-state index in [0.717, 1.165) is 24.1 Å². The van der Waals surface area contributed by atoms with E-state index >= 15 is 0 Å². The number of phenols is 1. The van der Waals surface area contributed by atoms with Gasteiger partial charge in [0.15, 0.2) is 0 Å². The minimum Gasteiger partial charge on any atom is -0.508 e. The summed E-state index contributed by atoms with van der Waals surface area (Å²) in [6, 6.07) is 7.93. The van der Waals surface area contributed by atoms with E-state index in [0.29, 0.717) is 31.0 Å². The van der Waals surface area contributed by atoms with Gasteiger partial charge in [0.1, 0.15) is 18.1 Å². The minimum absolute atomic E-state index is 0.132. The molecular formula is C18H20N2O4. The number of aromatic amines is 1. The number of rotatable bonds is 3. The fourth-order valence-electron chi connectivity index (χ4n) is 2.87. The van der Waals surface area contributed by atoms with Crippen LogP contribution in [0.3, 0.4) is 0 Å². The largest absolute Gasteiger partial charge is 0.508 e. The third kappa shape index (κ3) is 3.42. The van der Waals surface area contributed by atoms with Crippen LogP contribution in [0.2, 0.25) is 0 Å². The number of phenolic OH excluding ortho intramolecular Hbond substituents is 1. The molecule has 0 aliphatic carbocycles. The number of fused-ring (bicyclic) bond motifs is 1. The number of benzene rings is 1. The van der Waals surface area contributed by atoms with Crippen molar-refractivity contribution in [1.29, 1.82) is 0 Å². The number of carbonyl (C=O) groups excluding carboxylic acids is 1. The molecular weight excluding hydrogens is 308 g/mol. The Balaban J connectivity index is 1.88. The fraction of sp³-hybridized carbons (Fsp3) is 0.333. The average Bonchev–Trinajstić information content (AvgIpc) is 2.75. The molecule has 2 aromatic rings. The summed E-state index contributed by atoms with van der Waals surface area (Å²) in [7, 11) is 0. The molecule has 1 amide bonds. The van der Waals surface area contributed by atoms with Gasteiger partial charge in [-0.3, -0.25) is 9.59 Å². The van der Waals surface area contributed by atoms with Gasteiger partial charge in [0.25, 0.3) is 5.91 Å². The number of aryl methyl sites for hydroxylation is 1. The maximum Gasteiger partial charge on any atom is 0.254 e. The quantitative estimate of drug-likeness (QED) is 0.903. The van der Waals surface area contributed by atoms with E-state index in [1.165, 1.54) is 6.07 Å². The molecule has 0 unspecified atom stereocenters. The van der Waals surface area contributed by atoms with E-state index in [4.69, 9.17) is 4.74 Å². The highest BCUT2D eigenvalue weighted by atomic mass is 16.5.